The number of ether oxygens (including phenoxy) is 2. The van der Waals surface area contributed by atoms with E-state index in [2.05, 4.69) is 24.8 Å². The molecule has 0 aromatic carbocycles. The van der Waals surface area contributed by atoms with Gasteiger partial charge in [0.2, 0.25) is 0 Å². The third kappa shape index (κ3) is 5.76. The molecule has 2 unspecified atom stereocenters. The standard InChI is InChI=1S/C14H21N6O8P/c1-7-5-20(14(23)16-12(7)21)11-4-9(17-19-15)10(28-11)6-27-29(24,25)18-8(2)13(22)26-3/h5,8-11H,4,6H2,1-3H3,(H,16,21,23)(H2,18,24,25)/t8-,9+,10+,11?/m0/s1. The quantitative estimate of drug-likeness (QED) is 0.167. The highest BCUT2D eigenvalue weighted by molar-refractivity contribution is 7.50. The van der Waals surface area contributed by atoms with Gasteiger partial charge in [0.15, 0.2) is 0 Å². The van der Waals surface area contributed by atoms with Gasteiger partial charge in [0.05, 0.1) is 25.9 Å². The number of aromatic amines is 1. The van der Waals surface area contributed by atoms with Crippen LogP contribution in [0.3, 0.4) is 0 Å². The Bertz CT molecular complexity index is 970. The van der Waals surface area contributed by atoms with Gasteiger partial charge in [-0.15, -0.1) is 0 Å². The summed E-state index contributed by atoms with van der Waals surface area (Å²) in [5.74, 6) is -0.764. The first-order chi connectivity index (χ1) is 13.6. The second-order valence-electron chi connectivity index (χ2n) is 6.31. The second-order valence-corrected chi connectivity index (χ2v) is 7.86. The van der Waals surface area contributed by atoms with Gasteiger partial charge in [-0.05, 0) is 19.4 Å². The Hall–Kier alpha value is -2.47. The summed E-state index contributed by atoms with van der Waals surface area (Å²) in [5.41, 5.74) is 7.77. The number of rotatable bonds is 8. The summed E-state index contributed by atoms with van der Waals surface area (Å²) in [4.78, 5) is 49.6. The average Bonchev–Trinajstić information content (AvgIpc) is 3.05. The summed E-state index contributed by atoms with van der Waals surface area (Å²) in [6, 6.07) is -1.91. The molecule has 0 saturated carbocycles. The van der Waals surface area contributed by atoms with Crippen LogP contribution in [0.2, 0.25) is 0 Å². The van der Waals surface area contributed by atoms with Crippen molar-refractivity contribution < 1.29 is 28.3 Å². The molecule has 1 aromatic rings. The lowest BCUT2D eigenvalue weighted by Gasteiger charge is -2.20. The average molecular weight is 432 g/mol. The number of carbonyl (C=O) groups is 1. The van der Waals surface area contributed by atoms with E-state index >= 15 is 0 Å². The molecule has 1 aliphatic heterocycles. The second kappa shape index (κ2) is 9.35. The van der Waals surface area contributed by atoms with E-state index in [0.29, 0.717) is 0 Å². The number of methoxy groups -OCH3 is 1. The third-order valence-corrected chi connectivity index (χ3v) is 5.40. The lowest BCUT2D eigenvalue weighted by atomic mass is 10.1. The summed E-state index contributed by atoms with van der Waals surface area (Å²) in [5, 5.41) is 5.68. The molecule has 3 N–H and O–H groups in total. The van der Waals surface area contributed by atoms with Crippen LogP contribution in [0.5, 0.6) is 0 Å². The van der Waals surface area contributed by atoms with Crippen LogP contribution in [0.15, 0.2) is 20.9 Å². The Morgan fingerprint density at radius 2 is 2.31 bits per heavy atom. The van der Waals surface area contributed by atoms with Crippen molar-refractivity contribution in [1.82, 2.24) is 14.6 Å². The number of nitrogens with zero attached hydrogens (tertiary/aromatic N) is 4. The maximum Gasteiger partial charge on any atom is 0.403 e. The topological polar surface area (TPSA) is 198 Å². The maximum absolute atomic E-state index is 12.1. The molecule has 0 radical (unpaired) electrons. The summed E-state index contributed by atoms with van der Waals surface area (Å²) >= 11 is 0. The summed E-state index contributed by atoms with van der Waals surface area (Å²) in [7, 11) is -3.28. The van der Waals surface area contributed by atoms with Crippen molar-refractivity contribution in [1.29, 1.82) is 0 Å². The minimum Gasteiger partial charge on any atom is -0.468 e. The van der Waals surface area contributed by atoms with E-state index in [1.807, 2.05) is 0 Å². The Morgan fingerprint density at radius 1 is 1.62 bits per heavy atom. The fourth-order valence-electron chi connectivity index (χ4n) is 2.71. The molecule has 2 rings (SSSR count). The van der Waals surface area contributed by atoms with Crippen LogP contribution in [0, 0.1) is 6.92 Å². The zero-order chi connectivity index (χ0) is 21.8. The van der Waals surface area contributed by atoms with Crippen molar-refractivity contribution in [2.24, 2.45) is 5.11 Å². The SMILES string of the molecule is COC(=O)[C@H](C)NP(=O)(O)OC[C@H]1OC(n2cc(C)c(=O)[nH]c2=O)C[C@H]1N=[N+]=[N-]. The number of esters is 1. The number of aryl methyl sites for hydroxylation is 1. The van der Waals surface area contributed by atoms with Gasteiger partial charge >= 0.3 is 19.4 Å². The zero-order valence-electron chi connectivity index (χ0n) is 15.8. The molecule has 160 valence electrons. The van der Waals surface area contributed by atoms with Gasteiger partial charge in [-0.3, -0.25) is 23.7 Å². The monoisotopic (exact) mass is 432 g/mol. The highest BCUT2D eigenvalue weighted by atomic mass is 31.2. The number of azide groups is 1. The molecule has 15 heteroatoms. The van der Waals surface area contributed by atoms with Crippen molar-refractivity contribution in [3.63, 3.8) is 0 Å². The van der Waals surface area contributed by atoms with Crippen LogP contribution in [-0.2, 0) is 23.4 Å². The summed E-state index contributed by atoms with van der Waals surface area (Å²) < 4.78 is 28.3. The minimum absolute atomic E-state index is 0.0746. The van der Waals surface area contributed by atoms with Gasteiger partial charge in [0.1, 0.15) is 12.3 Å². The smallest absolute Gasteiger partial charge is 0.403 e. The highest BCUT2D eigenvalue weighted by Gasteiger charge is 2.38. The van der Waals surface area contributed by atoms with Gasteiger partial charge in [0, 0.05) is 23.1 Å². The molecule has 1 fully saturated rings. The van der Waals surface area contributed by atoms with Crippen LogP contribution in [0.4, 0.5) is 0 Å². The van der Waals surface area contributed by atoms with Crippen LogP contribution in [0.1, 0.15) is 25.1 Å². The predicted molar refractivity (Wildman–Crippen MR) is 97.9 cm³/mol. The molecule has 0 aliphatic carbocycles. The lowest BCUT2D eigenvalue weighted by Crippen LogP contribution is -2.34. The minimum atomic E-state index is -4.41. The molecule has 2 heterocycles. The van der Waals surface area contributed by atoms with Gasteiger partial charge in [-0.2, -0.15) is 0 Å². The summed E-state index contributed by atoms with van der Waals surface area (Å²) in [6.07, 6.45) is -0.461. The number of hydrogen-bond acceptors (Lipinski definition) is 8. The van der Waals surface area contributed by atoms with E-state index in [0.717, 1.165) is 11.7 Å². The van der Waals surface area contributed by atoms with E-state index in [1.165, 1.54) is 20.0 Å². The van der Waals surface area contributed by atoms with Crippen LogP contribution < -0.4 is 16.3 Å². The normalized spacial score (nSPS) is 24.3. The molecule has 0 spiro atoms. The highest BCUT2D eigenvalue weighted by Crippen LogP contribution is 2.40. The van der Waals surface area contributed by atoms with E-state index in [-0.39, 0.29) is 12.0 Å². The van der Waals surface area contributed by atoms with Crippen molar-refractivity contribution in [3.8, 4) is 0 Å². The summed E-state index contributed by atoms with van der Waals surface area (Å²) in [6.45, 7) is 2.35. The molecule has 5 atom stereocenters. The number of aromatic nitrogens is 2. The molecule has 1 aromatic heterocycles. The maximum atomic E-state index is 12.1. The van der Waals surface area contributed by atoms with Gasteiger partial charge in [-0.1, -0.05) is 5.11 Å². The molecule has 0 amide bonds. The Labute approximate surface area is 164 Å². The predicted octanol–water partition coefficient (Wildman–Crippen LogP) is 0.0795. The number of hydrogen-bond donors (Lipinski definition) is 3. The molecule has 14 nitrogen and oxygen atoms in total. The number of nitrogens with one attached hydrogen (secondary N) is 2. The zero-order valence-corrected chi connectivity index (χ0v) is 16.7. The number of H-pyrrole nitrogens is 1. The van der Waals surface area contributed by atoms with Crippen LogP contribution >= 0.6 is 7.75 Å². The van der Waals surface area contributed by atoms with E-state index in [9.17, 15) is 23.8 Å². The van der Waals surface area contributed by atoms with Crippen LogP contribution in [0.25, 0.3) is 10.4 Å². The van der Waals surface area contributed by atoms with Gasteiger partial charge < -0.3 is 14.4 Å². The van der Waals surface area contributed by atoms with Gasteiger partial charge in [-0.25, -0.2) is 14.4 Å². The first-order valence-electron chi connectivity index (χ1n) is 8.42. The van der Waals surface area contributed by atoms with Gasteiger partial charge in [0.25, 0.3) is 5.56 Å². The molecule has 1 saturated heterocycles. The molecular weight excluding hydrogens is 411 g/mol. The van der Waals surface area contributed by atoms with Crippen molar-refractivity contribution in [2.45, 2.75) is 44.7 Å². The fraction of sp³-hybridized carbons (Fsp3) is 0.643. The van der Waals surface area contributed by atoms with Crippen LogP contribution in [-0.4, -0.2) is 52.3 Å². The van der Waals surface area contributed by atoms with Crippen molar-refractivity contribution >= 4 is 13.7 Å². The Kier molecular flexibility index (Phi) is 7.36. The fourth-order valence-corrected chi connectivity index (χ4v) is 3.73. The third-order valence-electron chi connectivity index (χ3n) is 4.19. The first-order valence-corrected chi connectivity index (χ1v) is 10.0. The molecule has 1 aliphatic rings. The molecular formula is C14H21N6O8P. The Morgan fingerprint density at radius 3 is 2.93 bits per heavy atom. The molecule has 29 heavy (non-hydrogen) atoms. The first kappa shape index (κ1) is 22.8. The van der Waals surface area contributed by atoms with E-state index in [1.54, 1.807) is 0 Å². The lowest BCUT2D eigenvalue weighted by molar-refractivity contribution is -0.142. The van der Waals surface area contributed by atoms with Crippen molar-refractivity contribution in [2.75, 3.05) is 13.7 Å². The number of carbonyl (C=O) groups excluding carboxylic acids is 1. The van der Waals surface area contributed by atoms with Crippen molar-refractivity contribution in [3.05, 3.63) is 43.0 Å². The molecule has 0 bridgehead atoms. The largest absolute Gasteiger partial charge is 0.468 e. The van der Waals surface area contributed by atoms with E-state index < -0.39 is 56.0 Å². The Balaban J connectivity index is 2.12. The van der Waals surface area contributed by atoms with E-state index in [4.69, 9.17) is 14.8 Å².